The van der Waals surface area contributed by atoms with Crippen LogP contribution in [0.25, 0.3) is 0 Å². The summed E-state index contributed by atoms with van der Waals surface area (Å²) >= 11 is 1.56. The van der Waals surface area contributed by atoms with Crippen molar-refractivity contribution in [2.45, 2.75) is 13.0 Å². The smallest absolute Gasteiger partial charge is 0.130 e. The van der Waals surface area contributed by atoms with E-state index in [9.17, 15) is 5.11 Å². The Morgan fingerprint density at radius 1 is 1.36 bits per heavy atom. The predicted octanol–water partition coefficient (Wildman–Crippen LogP) is 2.53. The summed E-state index contributed by atoms with van der Waals surface area (Å²) in [4.78, 5) is 5.11. The van der Waals surface area contributed by atoms with E-state index < -0.39 is 6.10 Å². The Morgan fingerprint density at radius 2 is 2.21 bits per heavy atom. The third-order valence-electron chi connectivity index (χ3n) is 2.12. The van der Waals surface area contributed by atoms with Gasteiger partial charge in [0.15, 0.2) is 0 Å². The molecule has 0 fully saturated rings. The highest BCUT2D eigenvalue weighted by atomic mass is 32.1. The third-order valence-corrected chi connectivity index (χ3v) is 3.19. The molecule has 2 rings (SSSR count). The molecule has 0 amide bonds. The highest BCUT2D eigenvalue weighted by Crippen LogP contribution is 2.27. The lowest BCUT2D eigenvalue weighted by atomic mass is 10.1. The number of rotatable bonds is 2. The Bertz CT molecular complexity index is 410. The highest BCUT2D eigenvalue weighted by molar-refractivity contribution is 7.10. The number of aromatic nitrogens is 1. The molecule has 2 heterocycles. The monoisotopic (exact) mass is 205 g/mol. The minimum atomic E-state index is -0.587. The zero-order valence-corrected chi connectivity index (χ0v) is 8.66. The summed E-state index contributed by atoms with van der Waals surface area (Å²) < 4.78 is 0. The van der Waals surface area contributed by atoms with E-state index in [0.29, 0.717) is 5.69 Å². The van der Waals surface area contributed by atoms with Crippen LogP contribution in [0.15, 0.2) is 35.8 Å². The fraction of sp³-hybridized carbons (Fsp3) is 0.182. The van der Waals surface area contributed by atoms with Crippen molar-refractivity contribution in [3.63, 3.8) is 0 Å². The van der Waals surface area contributed by atoms with Gasteiger partial charge >= 0.3 is 0 Å². The number of thiophene rings is 1. The van der Waals surface area contributed by atoms with Crippen molar-refractivity contribution in [2.75, 3.05) is 0 Å². The summed E-state index contributed by atoms with van der Waals surface area (Å²) in [5, 5.41) is 12.0. The molecule has 14 heavy (non-hydrogen) atoms. The second-order valence-corrected chi connectivity index (χ2v) is 4.07. The SMILES string of the molecule is Cc1ccsc1[C@H](O)c1ccccn1. The molecule has 0 spiro atoms. The zero-order valence-electron chi connectivity index (χ0n) is 7.84. The van der Waals surface area contributed by atoms with Gasteiger partial charge in [-0.1, -0.05) is 6.07 Å². The molecule has 1 atom stereocenters. The number of aryl methyl sites for hydroxylation is 1. The van der Waals surface area contributed by atoms with Crippen molar-refractivity contribution in [3.05, 3.63) is 52.0 Å². The molecule has 0 radical (unpaired) electrons. The van der Waals surface area contributed by atoms with Crippen LogP contribution in [0.5, 0.6) is 0 Å². The maximum Gasteiger partial charge on any atom is 0.130 e. The van der Waals surface area contributed by atoms with Crippen LogP contribution in [0.2, 0.25) is 0 Å². The van der Waals surface area contributed by atoms with Gasteiger partial charge in [0.2, 0.25) is 0 Å². The quantitative estimate of drug-likeness (QED) is 0.817. The lowest BCUT2D eigenvalue weighted by molar-refractivity contribution is 0.218. The molecule has 0 bridgehead atoms. The van der Waals surface area contributed by atoms with Gasteiger partial charge in [-0.15, -0.1) is 11.3 Å². The third kappa shape index (κ3) is 1.69. The van der Waals surface area contributed by atoms with E-state index in [-0.39, 0.29) is 0 Å². The average molecular weight is 205 g/mol. The van der Waals surface area contributed by atoms with Crippen LogP contribution >= 0.6 is 11.3 Å². The number of hydrogen-bond acceptors (Lipinski definition) is 3. The lowest BCUT2D eigenvalue weighted by Crippen LogP contribution is -2.00. The molecule has 0 aliphatic heterocycles. The minimum Gasteiger partial charge on any atom is -0.381 e. The van der Waals surface area contributed by atoms with Crippen molar-refractivity contribution in [3.8, 4) is 0 Å². The highest BCUT2D eigenvalue weighted by Gasteiger charge is 2.14. The molecular weight excluding hydrogens is 194 g/mol. The van der Waals surface area contributed by atoms with Gasteiger partial charge in [-0.05, 0) is 36.1 Å². The van der Waals surface area contributed by atoms with Crippen molar-refractivity contribution >= 4 is 11.3 Å². The van der Waals surface area contributed by atoms with Crippen LogP contribution in [0.1, 0.15) is 22.2 Å². The predicted molar refractivity (Wildman–Crippen MR) is 57.4 cm³/mol. The summed E-state index contributed by atoms with van der Waals surface area (Å²) in [7, 11) is 0. The molecule has 0 aliphatic carbocycles. The fourth-order valence-corrected chi connectivity index (χ4v) is 2.26. The van der Waals surface area contributed by atoms with E-state index in [0.717, 1.165) is 10.4 Å². The van der Waals surface area contributed by atoms with Crippen molar-refractivity contribution < 1.29 is 5.11 Å². The number of aliphatic hydroxyl groups is 1. The summed E-state index contributed by atoms with van der Waals surface area (Å²) in [6, 6.07) is 7.57. The van der Waals surface area contributed by atoms with Gasteiger partial charge in [-0.2, -0.15) is 0 Å². The fourth-order valence-electron chi connectivity index (χ4n) is 1.34. The molecule has 72 valence electrons. The lowest BCUT2D eigenvalue weighted by Gasteiger charge is -2.08. The summed E-state index contributed by atoms with van der Waals surface area (Å²) in [6.07, 6.45) is 1.11. The molecule has 0 unspecified atom stereocenters. The summed E-state index contributed by atoms with van der Waals surface area (Å²) in [6.45, 7) is 2.00. The summed E-state index contributed by atoms with van der Waals surface area (Å²) in [5.41, 5.74) is 1.83. The van der Waals surface area contributed by atoms with Gasteiger partial charge in [0.25, 0.3) is 0 Å². The van der Waals surface area contributed by atoms with Crippen molar-refractivity contribution in [1.29, 1.82) is 0 Å². The van der Waals surface area contributed by atoms with Gasteiger partial charge in [-0.25, -0.2) is 0 Å². The molecule has 0 aliphatic rings. The van der Waals surface area contributed by atoms with E-state index in [4.69, 9.17) is 0 Å². The average Bonchev–Trinajstić information content (AvgIpc) is 2.65. The molecule has 0 aromatic carbocycles. The minimum absolute atomic E-state index is 0.587. The van der Waals surface area contributed by atoms with Gasteiger partial charge in [0, 0.05) is 11.1 Å². The van der Waals surface area contributed by atoms with E-state index in [1.165, 1.54) is 0 Å². The Labute approximate surface area is 86.9 Å². The molecular formula is C11H11NOS. The number of aliphatic hydroxyl groups excluding tert-OH is 1. The van der Waals surface area contributed by atoms with Crippen LogP contribution < -0.4 is 0 Å². The standard InChI is InChI=1S/C11H11NOS/c1-8-5-7-14-11(8)10(13)9-4-2-3-6-12-9/h2-7,10,13H,1H3/t10-/m1/s1. The number of pyridine rings is 1. The largest absolute Gasteiger partial charge is 0.381 e. The van der Waals surface area contributed by atoms with Crippen LogP contribution in [-0.4, -0.2) is 10.1 Å². The first-order valence-electron chi connectivity index (χ1n) is 4.42. The topological polar surface area (TPSA) is 33.1 Å². The first-order chi connectivity index (χ1) is 6.79. The maximum absolute atomic E-state index is 10.0. The molecule has 2 aromatic heterocycles. The van der Waals surface area contributed by atoms with Crippen molar-refractivity contribution in [2.24, 2.45) is 0 Å². The van der Waals surface area contributed by atoms with Crippen LogP contribution in [0.4, 0.5) is 0 Å². The Morgan fingerprint density at radius 3 is 2.79 bits per heavy atom. The number of hydrogen-bond donors (Lipinski definition) is 1. The van der Waals surface area contributed by atoms with Gasteiger partial charge in [0.05, 0.1) is 5.69 Å². The van der Waals surface area contributed by atoms with Crippen LogP contribution in [0.3, 0.4) is 0 Å². The first-order valence-corrected chi connectivity index (χ1v) is 5.30. The normalized spacial score (nSPS) is 12.7. The number of nitrogens with zero attached hydrogens (tertiary/aromatic N) is 1. The zero-order chi connectivity index (χ0) is 9.97. The molecule has 2 aromatic rings. The molecule has 2 nitrogen and oxygen atoms in total. The van der Waals surface area contributed by atoms with E-state index in [1.54, 1.807) is 17.5 Å². The van der Waals surface area contributed by atoms with E-state index in [1.807, 2.05) is 36.6 Å². The molecule has 0 saturated carbocycles. The van der Waals surface area contributed by atoms with Gasteiger partial charge < -0.3 is 5.11 Å². The molecule has 3 heteroatoms. The Balaban J connectivity index is 2.34. The molecule has 1 N–H and O–H groups in total. The summed E-state index contributed by atoms with van der Waals surface area (Å²) in [5.74, 6) is 0. The maximum atomic E-state index is 10.0. The van der Waals surface area contributed by atoms with E-state index >= 15 is 0 Å². The second kappa shape index (κ2) is 3.90. The van der Waals surface area contributed by atoms with Gasteiger partial charge in [0.1, 0.15) is 6.10 Å². The molecule has 0 saturated heterocycles. The Hall–Kier alpha value is -1.19. The first kappa shape index (κ1) is 9.37. The van der Waals surface area contributed by atoms with Gasteiger partial charge in [-0.3, -0.25) is 4.98 Å². The van der Waals surface area contributed by atoms with Crippen molar-refractivity contribution in [1.82, 2.24) is 4.98 Å². The Kier molecular flexibility index (Phi) is 2.61. The second-order valence-electron chi connectivity index (χ2n) is 3.13. The van der Waals surface area contributed by atoms with Crippen LogP contribution in [0, 0.1) is 6.92 Å². The van der Waals surface area contributed by atoms with Crippen LogP contribution in [-0.2, 0) is 0 Å². The van der Waals surface area contributed by atoms with E-state index in [2.05, 4.69) is 4.98 Å².